The van der Waals surface area contributed by atoms with Crippen molar-refractivity contribution in [2.24, 2.45) is 5.92 Å². The second kappa shape index (κ2) is 15.7. The van der Waals surface area contributed by atoms with Crippen LogP contribution in [0.1, 0.15) is 34.9 Å². The molecule has 0 radical (unpaired) electrons. The molecular weight excluding hydrogens is 765 g/mol. The zero-order chi connectivity index (χ0) is 41.7. The van der Waals surface area contributed by atoms with E-state index in [1.54, 1.807) is 0 Å². The van der Waals surface area contributed by atoms with Gasteiger partial charge in [-0.2, -0.15) is 0 Å². The molecule has 5 aliphatic rings. The third-order valence-corrected chi connectivity index (χ3v) is 13.5. The fraction of sp³-hybridized carbons (Fsp3) is 0.100. The van der Waals surface area contributed by atoms with Crippen molar-refractivity contribution in [3.8, 4) is 28.0 Å². The molecule has 2 aliphatic heterocycles. The van der Waals surface area contributed by atoms with Crippen LogP contribution in [0.4, 0.5) is 22.7 Å². The number of allylic oxidation sites excluding steroid dienone is 7. The Balaban J connectivity index is 0.841. The van der Waals surface area contributed by atoms with Crippen LogP contribution in [0.2, 0.25) is 0 Å². The van der Waals surface area contributed by atoms with Crippen LogP contribution >= 0.6 is 0 Å². The fourth-order valence-corrected chi connectivity index (χ4v) is 10.4. The molecule has 0 amide bonds. The lowest BCUT2D eigenvalue weighted by atomic mass is 9.82. The van der Waals surface area contributed by atoms with E-state index in [0.29, 0.717) is 11.8 Å². The number of para-hydroxylation sites is 3. The number of anilines is 4. The highest BCUT2D eigenvalue weighted by atomic mass is 16.5. The molecular formula is C60H46N2O. The summed E-state index contributed by atoms with van der Waals surface area (Å²) in [5.41, 5.74) is 17.2. The van der Waals surface area contributed by atoms with Gasteiger partial charge in [-0.1, -0.05) is 182 Å². The second-order valence-corrected chi connectivity index (χ2v) is 17.1. The van der Waals surface area contributed by atoms with E-state index in [2.05, 4.69) is 246 Å². The van der Waals surface area contributed by atoms with Crippen molar-refractivity contribution in [3.63, 3.8) is 0 Å². The van der Waals surface area contributed by atoms with Crippen LogP contribution < -0.4 is 14.5 Å². The number of nitrogens with zero attached hydrogens (tertiary/aromatic N) is 2. The lowest BCUT2D eigenvalue weighted by Gasteiger charge is -2.32. The molecule has 0 saturated carbocycles. The smallest absolute Gasteiger partial charge is 0.135 e. The molecule has 0 saturated heterocycles. The zero-order valence-electron chi connectivity index (χ0n) is 34.9. The number of fused-ring (bicyclic) bond motifs is 6. The van der Waals surface area contributed by atoms with E-state index in [1.165, 1.54) is 67.2 Å². The lowest BCUT2D eigenvalue weighted by molar-refractivity contribution is 0.278. The van der Waals surface area contributed by atoms with E-state index < -0.39 is 0 Å². The summed E-state index contributed by atoms with van der Waals surface area (Å²) < 4.78 is 6.56. The van der Waals surface area contributed by atoms with Crippen molar-refractivity contribution in [3.05, 3.63) is 265 Å². The molecule has 3 nitrogen and oxygen atoms in total. The molecule has 5 atom stereocenters. The average molecular weight is 811 g/mol. The minimum atomic E-state index is -0.0258. The molecule has 7 aromatic rings. The summed E-state index contributed by atoms with van der Waals surface area (Å²) in [6.45, 7) is 0. The lowest BCUT2D eigenvalue weighted by Crippen LogP contribution is -2.29. The van der Waals surface area contributed by atoms with Crippen molar-refractivity contribution in [2.75, 3.05) is 9.80 Å². The molecule has 0 aromatic heterocycles. The molecule has 0 N–H and O–H groups in total. The van der Waals surface area contributed by atoms with Crippen LogP contribution in [0, 0.1) is 5.92 Å². The number of benzene rings is 7. The summed E-state index contributed by atoms with van der Waals surface area (Å²) in [4.78, 5) is 4.91. The van der Waals surface area contributed by atoms with Gasteiger partial charge in [-0.25, -0.2) is 0 Å². The second-order valence-electron chi connectivity index (χ2n) is 17.1. The van der Waals surface area contributed by atoms with Crippen molar-refractivity contribution < 1.29 is 4.74 Å². The SMILES string of the molecule is C1=CC2c3ccccc3O[C@@H]2C(c2ccc(N(C3=CCC(C4=CC5c6ccccc6N(c6ccccc6)C5C=C4)C=C3)c3ccc(-c4ccc(-c5ccccc5)cc4)cc3)cc2)=C1. The Bertz CT molecular complexity index is 3010. The molecule has 7 aromatic carbocycles. The standard InChI is InChI=1S/C60H46N2O/c1-3-12-41(13-4-1)42-22-24-43(25-23-42)44-26-33-49(34-27-44)61(51-37-30-46(31-38-51)52-18-11-19-55-54-17-8-10-21-59(54)63-60(52)55)50-35-28-45(29-36-50)47-32-39-58-56(40-47)53-16-7-9-20-57(53)62(58)48-14-5-2-6-15-48/h1-28,30-40,45,55-56,58,60H,29H2/t45?,55?,56?,58?,60-/m1/s1. The summed E-state index contributed by atoms with van der Waals surface area (Å²) in [5.74, 6) is 1.81. The van der Waals surface area contributed by atoms with Gasteiger partial charge in [-0.05, 0) is 100.0 Å². The summed E-state index contributed by atoms with van der Waals surface area (Å²) in [7, 11) is 0. The van der Waals surface area contributed by atoms with Crippen molar-refractivity contribution in [2.45, 2.75) is 30.4 Å². The molecule has 12 rings (SSSR count). The Morgan fingerprint density at radius 1 is 0.508 bits per heavy atom. The van der Waals surface area contributed by atoms with Gasteiger partial charge in [0.15, 0.2) is 0 Å². The first-order valence-electron chi connectivity index (χ1n) is 22.3. The van der Waals surface area contributed by atoms with Crippen molar-refractivity contribution in [1.29, 1.82) is 0 Å². The van der Waals surface area contributed by atoms with E-state index in [-0.39, 0.29) is 18.1 Å². The van der Waals surface area contributed by atoms with Crippen LogP contribution in [0.25, 0.3) is 27.8 Å². The maximum atomic E-state index is 6.56. The topological polar surface area (TPSA) is 15.7 Å². The highest BCUT2D eigenvalue weighted by molar-refractivity contribution is 5.80. The van der Waals surface area contributed by atoms with Crippen molar-refractivity contribution >= 4 is 28.3 Å². The average Bonchev–Trinajstić information content (AvgIpc) is 3.91. The molecule has 302 valence electrons. The predicted molar refractivity (Wildman–Crippen MR) is 261 cm³/mol. The van der Waals surface area contributed by atoms with Gasteiger partial charge in [0, 0.05) is 57.3 Å². The Hall–Kier alpha value is -7.62. The fourth-order valence-electron chi connectivity index (χ4n) is 10.4. The number of ether oxygens (including phenoxy) is 1. The molecule has 0 spiro atoms. The van der Waals surface area contributed by atoms with Crippen molar-refractivity contribution in [1.82, 2.24) is 0 Å². The Labute approximate surface area is 370 Å². The van der Waals surface area contributed by atoms with Gasteiger partial charge in [0.05, 0.1) is 6.04 Å². The van der Waals surface area contributed by atoms with Gasteiger partial charge in [0.1, 0.15) is 11.9 Å². The molecule has 0 fully saturated rings. The van der Waals surface area contributed by atoms with Gasteiger partial charge in [0.2, 0.25) is 0 Å². The highest BCUT2D eigenvalue weighted by Gasteiger charge is 2.39. The number of rotatable bonds is 8. The third kappa shape index (κ3) is 6.69. The third-order valence-electron chi connectivity index (χ3n) is 13.5. The Kier molecular flexibility index (Phi) is 9.26. The molecule has 4 unspecified atom stereocenters. The zero-order valence-corrected chi connectivity index (χ0v) is 34.9. The van der Waals surface area contributed by atoms with Crippen LogP contribution in [0.15, 0.2) is 248 Å². The normalized spacial score (nSPS) is 21.3. The van der Waals surface area contributed by atoms with E-state index >= 15 is 0 Å². The first-order chi connectivity index (χ1) is 31.2. The minimum Gasteiger partial charge on any atom is -0.484 e. The highest BCUT2D eigenvalue weighted by Crippen LogP contribution is 2.50. The van der Waals surface area contributed by atoms with Gasteiger partial charge < -0.3 is 14.5 Å². The number of hydrogen-bond donors (Lipinski definition) is 0. The Morgan fingerprint density at radius 3 is 1.81 bits per heavy atom. The maximum Gasteiger partial charge on any atom is 0.135 e. The predicted octanol–water partition coefficient (Wildman–Crippen LogP) is 14.9. The van der Waals surface area contributed by atoms with Gasteiger partial charge >= 0.3 is 0 Å². The molecule has 63 heavy (non-hydrogen) atoms. The van der Waals surface area contributed by atoms with Gasteiger partial charge in [-0.15, -0.1) is 0 Å². The first kappa shape index (κ1) is 37.2. The first-order valence-corrected chi connectivity index (χ1v) is 22.3. The Morgan fingerprint density at radius 2 is 1.11 bits per heavy atom. The molecule has 2 heterocycles. The molecule has 3 heteroatoms. The van der Waals surface area contributed by atoms with E-state index in [9.17, 15) is 0 Å². The monoisotopic (exact) mass is 810 g/mol. The van der Waals surface area contributed by atoms with Crippen LogP contribution in [0.3, 0.4) is 0 Å². The van der Waals surface area contributed by atoms with E-state index in [0.717, 1.165) is 23.5 Å². The summed E-state index contributed by atoms with van der Waals surface area (Å²) in [5, 5.41) is 0. The molecule has 3 aliphatic carbocycles. The van der Waals surface area contributed by atoms with E-state index in [1.807, 2.05) is 0 Å². The summed E-state index contributed by atoms with van der Waals surface area (Å²) >= 11 is 0. The van der Waals surface area contributed by atoms with Crippen LogP contribution in [-0.2, 0) is 0 Å². The summed E-state index contributed by atoms with van der Waals surface area (Å²) in [6, 6.07) is 66.0. The van der Waals surface area contributed by atoms with Crippen LogP contribution in [0.5, 0.6) is 5.75 Å². The van der Waals surface area contributed by atoms with Crippen LogP contribution in [-0.4, -0.2) is 12.1 Å². The van der Waals surface area contributed by atoms with Gasteiger partial charge in [-0.3, -0.25) is 0 Å². The largest absolute Gasteiger partial charge is 0.484 e. The molecule has 0 bridgehead atoms. The minimum absolute atomic E-state index is 0.0258. The van der Waals surface area contributed by atoms with Gasteiger partial charge in [0.25, 0.3) is 0 Å². The van der Waals surface area contributed by atoms with E-state index in [4.69, 9.17) is 4.74 Å². The number of hydrogen-bond acceptors (Lipinski definition) is 3. The summed E-state index contributed by atoms with van der Waals surface area (Å²) in [6.07, 6.45) is 22.1. The maximum absolute atomic E-state index is 6.56. The quantitative estimate of drug-likeness (QED) is 0.152.